The molecule has 2 heterocycles. The molecule has 0 fully saturated rings. The number of thioether (sulfide) groups is 1. The number of amides is 1. The molecule has 0 bridgehead atoms. The molecule has 2 aromatic carbocycles. The van der Waals surface area contributed by atoms with Crippen LogP contribution in [0.2, 0.25) is 0 Å². The number of aromatic nitrogens is 4. The first kappa shape index (κ1) is 19.3. The van der Waals surface area contributed by atoms with Gasteiger partial charge in [0.2, 0.25) is 11.1 Å². The Balaban J connectivity index is 1.53. The zero-order valence-corrected chi connectivity index (χ0v) is 16.3. The van der Waals surface area contributed by atoms with Crippen LogP contribution in [0.25, 0.3) is 22.1 Å². The molecule has 6 nitrogen and oxygen atoms in total. The topological polar surface area (TPSA) is 72.7 Å². The van der Waals surface area contributed by atoms with E-state index in [4.69, 9.17) is 0 Å². The predicted molar refractivity (Wildman–Crippen MR) is 109 cm³/mol. The number of carbonyl (C=O) groups is 1. The zero-order chi connectivity index (χ0) is 20.4. The standard InChI is InChI=1S/C20H17F2N5OS/c1-2-9-27-16-6-4-3-5-13(16)18-19(27)24-20(26-25-18)29-11-17(28)23-12-7-8-14(21)15(22)10-12/h3-8,10H,2,9,11H2,1H3,(H,23,28). The second-order valence-electron chi connectivity index (χ2n) is 6.40. The Morgan fingerprint density at radius 3 is 2.76 bits per heavy atom. The molecule has 0 atom stereocenters. The molecule has 4 rings (SSSR count). The number of nitrogens with one attached hydrogen (secondary N) is 1. The molecule has 29 heavy (non-hydrogen) atoms. The highest BCUT2D eigenvalue weighted by Gasteiger charge is 2.15. The fourth-order valence-electron chi connectivity index (χ4n) is 3.10. The molecule has 0 radical (unpaired) electrons. The number of fused-ring (bicyclic) bond motifs is 3. The van der Waals surface area contributed by atoms with Gasteiger partial charge in [-0.05, 0) is 24.6 Å². The van der Waals surface area contributed by atoms with Gasteiger partial charge in [0, 0.05) is 23.7 Å². The van der Waals surface area contributed by atoms with Crippen molar-refractivity contribution in [2.75, 3.05) is 11.1 Å². The van der Waals surface area contributed by atoms with Crippen LogP contribution in [-0.2, 0) is 11.3 Å². The van der Waals surface area contributed by atoms with Crippen LogP contribution in [0.5, 0.6) is 0 Å². The van der Waals surface area contributed by atoms with E-state index >= 15 is 0 Å². The van der Waals surface area contributed by atoms with Crippen molar-refractivity contribution in [1.29, 1.82) is 0 Å². The van der Waals surface area contributed by atoms with Crippen LogP contribution in [0, 0.1) is 11.6 Å². The van der Waals surface area contributed by atoms with Crippen molar-refractivity contribution in [3.05, 3.63) is 54.1 Å². The molecule has 1 amide bonds. The second kappa shape index (κ2) is 8.12. The summed E-state index contributed by atoms with van der Waals surface area (Å²) < 4.78 is 28.3. The molecular weight excluding hydrogens is 396 g/mol. The third-order valence-electron chi connectivity index (χ3n) is 4.34. The van der Waals surface area contributed by atoms with E-state index in [1.807, 2.05) is 24.3 Å². The Labute approximate surface area is 169 Å². The van der Waals surface area contributed by atoms with Crippen LogP contribution in [-0.4, -0.2) is 31.4 Å². The molecule has 0 saturated heterocycles. The summed E-state index contributed by atoms with van der Waals surface area (Å²) in [5, 5.41) is 12.3. The Kier molecular flexibility index (Phi) is 5.39. The van der Waals surface area contributed by atoms with Crippen molar-refractivity contribution >= 4 is 45.4 Å². The molecule has 148 valence electrons. The van der Waals surface area contributed by atoms with Gasteiger partial charge in [-0.1, -0.05) is 36.9 Å². The Morgan fingerprint density at radius 1 is 1.14 bits per heavy atom. The maximum Gasteiger partial charge on any atom is 0.234 e. The van der Waals surface area contributed by atoms with Crippen LogP contribution in [0.1, 0.15) is 13.3 Å². The number of aryl methyl sites for hydroxylation is 1. The number of nitrogens with zero attached hydrogens (tertiary/aromatic N) is 4. The second-order valence-corrected chi connectivity index (χ2v) is 7.34. The van der Waals surface area contributed by atoms with Crippen molar-refractivity contribution in [1.82, 2.24) is 19.7 Å². The first-order valence-corrected chi connectivity index (χ1v) is 10.0. The SMILES string of the molecule is CCCn1c2ccccc2c2nnc(SCC(=O)Nc3ccc(F)c(F)c3)nc21. The highest BCUT2D eigenvalue weighted by molar-refractivity contribution is 7.99. The van der Waals surface area contributed by atoms with Crippen molar-refractivity contribution in [2.24, 2.45) is 0 Å². The number of hydrogen-bond acceptors (Lipinski definition) is 5. The molecule has 0 aliphatic heterocycles. The summed E-state index contributed by atoms with van der Waals surface area (Å²) in [6, 6.07) is 11.1. The van der Waals surface area contributed by atoms with Crippen LogP contribution < -0.4 is 5.32 Å². The highest BCUT2D eigenvalue weighted by atomic mass is 32.2. The van der Waals surface area contributed by atoms with Gasteiger partial charge >= 0.3 is 0 Å². The van der Waals surface area contributed by atoms with Crippen LogP contribution >= 0.6 is 11.8 Å². The van der Waals surface area contributed by atoms with Crippen LogP contribution in [0.3, 0.4) is 0 Å². The summed E-state index contributed by atoms with van der Waals surface area (Å²) in [6.07, 6.45) is 0.941. The van der Waals surface area contributed by atoms with Gasteiger partial charge in [-0.3, -0.25) is 4.79 Å². The van der Waals surface area contributed by atoms with E-state index < -0.39 is 11.6 Å². The van der Waals surface area contributed by atoms with E-state index in [0.29, 0.717) is 5.16 Å². The summed E-state index contributed by atoms with van der Waals surface area (Å²) in [5.74, 6) is -2.34. The molecule has 1 N–H and O–H groups in total. The average Bonchev–Trinajstić information content (AvgIpc) is 3.03. The summed E-state index contributed by atoms with van der Waals surface area (Å²) >= 11 is 1.13. The van der Waals surface area contributed by atoms with Crippen LogP contribution in [0.15, 0.2) is 47.6 Å². The normalized spacial score (nSPS) is 11.3. The lowest BCUT2D eigenvalue weighted by molar-refractivity contribution is -0.113. The van der Waals surface area contributed by atoms with Gasteiger partial charge in [0.1, 0.15) is 5.52 Å². The molecule has 4 aromatic rings. The zero-order valence-electron chi connectivity index (χ0n) is 15.5. The first-order chi connectivity index (χ1) is 14.1. The lowest BCUT2D eigenvalue weighted by atomic mass is 10.2. The Morgan fingerprint density at radius 2 is 1.97 bits per heavy atom. The molecule has 0 saturated carbocycles. The molecular formula is C20H17F2N5OS. The number of halogens is 2. The summed E-state index contributed by atoms with van der Waals surface area (Å²) in [5.41, 5.74) is 2.69. The lowest BCUT2D eigenvalue weighted by Crippen LogP contribution is -2.14. The first-order valence-electron chi connectivity index (χ1n) is 9.06. The minimum absolute atomic E-state index is 0.0141. The number of hydrogen-bond donors (Lipinski definition) is 1. The van der Waals surface area contributed by atoms with Gasteiger partial charge in [-0.15, -0.1) is 10.2 Å². The van der Waals surface area contributed by atoms with E-state index in [1.54, 1.807) is 0 Å². The number of rotatable bonds is 6. The lowest BCUT2D eigenvalue weighted by Gasteiger charge is -2.06. The van der Waals surface area contributed by atoms with E-state index in [9.17, 15) is 13.6 Å². The van der Waals surface area contributed by atoms with E-state index in [0.717, 1.165) is 58.9 Å². The van der Waals surface area contributed by atoms with Gasteiger partial charge in [0.15, 0.2) is 17.3 Å². The highest BCUT2D eigenvalue weighted by Crippen LogP contribution is 2.27. The van der Waals surface area contributed by atoms with Gasteiger partial charge < -0.3 is 9.88 Å². The molecule has 0 spiro atoms. The Bertz CT molecular complexity index is 1210. The number of benzene rings is 2. The van der Waals surface area contributed by atoms with Crippen molar-refractivity contribution < 1.29 is 13.6 Å². The van der Waals surface area contributed by atoms with Crippen molar-refractivity contribution in [3.63, 3.8) is 0 Å². The minimum Gasteiger partial charge on any atom is -0.325 e. The maximum absolute atomic E-state index is 13.3. The number of para-hydroxylation sites is 1. The summed E-state index contributed by atoms with van der Waals surface area (Å²) in [4.78, 5) is 16.7. The molecule has 0 unspecified atom stereocenters. The summed E-state index contributed by atoms with van der Waals surface area (Å²) in [7, 11) is 0. The fraction of sp³-hybridized carbons (Fsp3) is 0.200. The molecule has 9 heteroatoms. The molecule has 2 aromatic heterocycles. The number of carbonyl (C=O) groups excluding carboxylic acids is 1. The van der Waals surface area contributed by atoms with E-state index in [-0.39, 0.29) is 17.3 Å². The maximum atomic E-state index is 13.3. The minimum atomic E-state index is -1.02. The third-order valence-corrected chi connectivity index (χ3v) is 5.18. The summed E-state index contributed by atoms with van der Waals surface area (Å²) in [6.45, 7) is 2.89. The van der Waals surface area contributed by atoms with Gasteiger partial charge in [-0.25, -0.2) is 13.8 Å². The molecule has 0 aliphatic carbocycles. The predicted octanol–water partition coefficient (Wildman–Crippen LogP) is 4.40. The smallest absolute Gasteiger partial charge is 0.234 e. The average molecular weight is 413 g/mol. The van der Waals surface area contributed by atoms with Crippen LogP contribution in [0.4, 0.5) is 14.5 Å². The third kappa shape index (κ3) is 3.91. The Hall–Kier alpha value is -3.07. The van der Waals surface area contributed by atoms with E-state index in [1.165, 1.54) is 6.07 Å². The van der Waals surface area contributed by atoms with Crippen molar-refractivity contribution in [2.45, 2.75) is 25.0 Å². The monoisotopic (exact) mass is 413 g/mol. The number of anilines is 1. The van der Waals surface area contributed by atoms with Crippen molar-refractivity contribution in [3.8, 4) is 0 Å². The largest absolute Gasteiger partial charge is 0.325 e. The molecule has 0 aliphatic rings. The van der Waals surface area contributed by atoms with E-state index in [2.05, 4.69) is 32.0 Å². The van der Waals surface area contributed by atoms with Gasteiger partial charge in [-0.2, -0.15) is 0 Å². The fourth-order valence-corrected chi connectivity index (χ4v) is 3.68. The van der Waals surface area contributed by atoms with Gasteiger partial charge in [0.25, 0.3) is 0 Å². The quantitative estimate of drug-likeness (QED) is 0.475. The van der Waals surface area contributed by atoms with Gasteiger partial charge in [0.05, 0.1) is 11.3 Å².